The second kappa shape index (κ2) is 12.8. The van der Waals surface area contributed by atoms with E-state index in [1.54, 1.807) is 47.0 Å². The van der Waals surface area contributed by atoms with Crippen LogP contribution in [0.15, 0.2) is 72.8 Å². The highest BCUT2D eigenvalue weighted by Crippen LogP contribution is 2.33. The average molecular weight is 536 g/mol. The molecular formula is C29H33N3O7. The van der Waals surface area contributed by atoms with Gasteiger partial charge in [-0.1, -0.05) is 42.5 Å². The first-order chi connectivity index (χ1) is 18.4. The Morgan fingerprint density at radius 1 is 0.846 bits per heavy atom. The van der Waals surface area contributed by atoms with Crippen LogP contribution < -0.4 is 4.74 Å². The van der Waals surface area contributed by atoms with Crippen LogP contribution in [0.25, 0.3) is 11.1 Å². The minimum atomic E-state index is -0.616. The van der Waals surface area contributed by atoms with E-state index in [-0.39, 0.29) is 31.1 Å². The molecule has 0 spiro atoms. The summed E-state index contributed by atoms with van der Waals surface area (Å²) in [4.78, 5) is 38.3. The lowest BCUT2D eigenvalue weighted by atomic mass is 10.1. The van der Waals surface area contributed by atoms with Crippen LogP contribution in [-0.4, -0.2) is 59.7 Å². The predicted octanol–water partition coefficient (Wildman–Crippen LogP) is 6.49. The van der Waals surface area contributed by atoms with E-state index in [9.17, 15) is 19.7 Å². The van der Waals surface area contributed by atoms with Gasteiger partial charge in [0.2, 0.25) is 5.75 Å². The number of benzene rings is 3. The summed E-state index contributed by atoms with van der Waals surface area (Å²) in [5, 5.41) is 11.6. The number of carbonyl (C=O) groups excluding carboxylic acids is 2. The summed E-state index contributed by atoms with van der Waals surface area (Å²) in [6.45, 7) is 5.68. The van der Waals surface area contributed by atoms with Gasteiger partial charge in [-0.05, 0) is 61.7 Å². The van der Waals surface area contributed by atoms with Crippen LogP contribution in [0.2, 0.25) is 0 Å². The zero-order chi connectivity index (χ0) is 28.6. The number of hydrogen-bond donors (Lipinski definition) is 0. The number of carbonyl (C=O) groups is 2. The Balaban J connectivity index is 1.60. The zero-order valence-electron chi connectivity index (χ0n) is 22.7. The van der Waals surface area contributed by atoms with E-state index in [1.807, 2.05) is 42.5 Å². The number of nitro benzene ring substituents is 1. The van der Waals surface area contributed by atoms with Gasteiger partial charge in [0.1, 0.15) is 18.0 Å². The van der Waals surface area contributed by atoms with E-state index < -0.39 is 22.7 Å². The van der Waals surface area contributed by atoms with E-state index in [0.717, 1.165) is 11.1 Å². The maximum atomic E-state index is 12.5. The summed E-state index contributed by atoms with van der Waals surface area (Å²) in [6, 6.07) is 21.3. The fourth-order valence-electron chi connectivity index (χ4n) is 3.43. The normalized spacial score (nSPS) is 10.9. The first kappa shape index (κ1) is 29.0. The number of likely N-dealkylation sites (N-methyl/N-ethyl adjacent to an activating group) is 2. The Morgan fingerprint density at radius 2 is 1.44 bits per heavy atom. The molecule has 39 heavy (non-hydrogen) atoms. The fourth-order valence-corrected chi connectivity index (χ4v) is 3.43. The number of nitro groups is 1. The van der Waals surface area contributed by atoms with Gasteiger partial charge >= 0.3 is 17.9 Å². The summed E-state index contributed by atoms with van der Waals surface area (Å²) in [7, 11) is 3.13. The third-order valence-corrected chi connectivity index (χ3v) is 5.56. The number of rotatable bonds is 9. The van der Waals surface area contributed by atoms with E-state index >= 15 is 0 Å². The molecule has 3 aromatic carbocycles. The lowest BCUT2D eigenvalue weighted by molar-refractivity contribution is -0.385. The Morgan fingerprint density at radius 3 is 2.03 bits per heavy atom. The van der Waals surface area contributed by atoms with Crippen molar-refractivity contribution in [1.82, 2.24) is 9.80 Å². The third kappa shape index (κ3) is 8.74. The molecule has 3 aromatic rings. The van der Waals surface area contributed by atoms with Crippen molar-refractivity contribution in [3.8, 4) is 22.6 Å². The van der Waals surface area contributed by atoms with E-state index in [2.05, 4.69) is 0 Å². The van der Waals surface area contributed by atoms with Gasteiger partial charge in [0.25, 0.3) is 0 Å². The Labute approximate surface area is 227 Å². The molecule has 0 aliphatic heterocycles. The molecule has 0 radical (unpaired) electrons. The van der Waals surface area contributed by atoms with Crippen molar-refractivity contribution in [2.24, 2.45) is 0 Å². The highest BCUT2D eigenvalue weighted by molar-refractivity contribution is 5.69. The largest absolute Gasteiger partial charge is 0.450 e. The Bertz CT molecular complexity index is 1290. The van der Waals surface area contributed by atoms with Crippen LogP contribution in [0.3, 0.4) is 0 Å². The molecule has 0 aliphatic carbocycles. The van der Waals surface area contributed by atoms with Crippen molar-refractivity contribution in [2.45, 2.75) is 33.0 Å². The highest BCUT2D eigenvalue weighted by atomic mass is 16.6. The zero-order valence-corrected chi connectivity index (χ0v) is 22.7. The molecule has 0 saturated carbocycles. The molecule has 0 N–H and O–H groups in total. The Hall–Kier alpha value is -4.60. The molecule has 0 fully saturated rings. The first-order valence-electron chi connectivity index (χ1n) is 12.4. The SMILES string of the molecule is CN(CCN(C)C(=O)OC(C)(C)C)C(=O)OCc1ccc([N+](=O)[O-])c(Oc2ccc(-c3ccccc3)cc2)c1. The van der Waals surface area contributed by atoms with Crippen LogP contribution in [0.5, 0.6) is 11.5 Å². The standard InChI is InChI=1S/C29H33N3O7/c1-29(2,3)39-28(34)31(5)18-17-30(4)27(33)37-20-21-11-16-25(32(35)36)26(19-21)38-24-14-12-23(13-15-24)22-9-7-6-8-10-22/h6-16,19H,17-18,20H2,1-5H3. The molecule has 10 nitrogen and oxygen atoms in total. The van der Waals surface area contributed by atoms with Gasteiger partial charge in [0, 0.05) is 33.3 Å². The summed E-state index contributed by atoms with van der Waals surface area (Å²) < 4.78 is 16.5. The van der Waals surface area contributed by atoms with Crippen LogP contribution in [-0.2, 0) is 16.1 Å². The smallest absolute Gasteiger partial charge is 0.410 e. The maximum Gasteiger partial charge on any atom is 0.410 e. The second-order valence-electron chi connectivity index (χ2n) is 9.93. The molecule has 0 heterocycles. The molecule has 0 atom stereocenters. The predicted molar refractivity (Wildman–Crippen MR) is 147 cm³/mol. The second-order valence-corrected chi connectivity index (χ2v) is 9.93. The number of hydrogen-bond acceptors (Lipinski definition) is 7. The van der Waals surface area contributed by atoms with Crippen molar-refractivity contribution in [3.63, 3.8) is 0 Å². The molecule has 3 rings (SSSR count). The van der Waals surface area contributed by atoms with E-state index in [4.69, 9.17) is 14.2 Å². The van der Waals surface area contributed by atoms with Crippen LogP contribution in [0.1, 0.15) is 26.3 Å². The van der Waals surface area contributed by atoms with Crippen molar-refractivity contribution in [2.75, 3.05) is 27.2 Å². The molecule has 0 aromatic heterocycles. The van der Waals surface area contributed by atoms with Crippen molar-refractivity contribution < 1.29 is 28.7 Å². The lowest BCUT2D eigenvalue weighted by Crippen LogP contribution is -2.40. The van der Waals surface area contributed by atoms with Gasteiger partial charge < -0.3 is 24.0 Å². The van der Waals surface area contributed by atoms with Gasteiger partial charge in [-0.3, -0.25) is 10.1 Å². The Kier molecular flexibility index (Phi) is 9.48. The van der Waals surface area contributed by atoms with Crippen LogP contribution >= 0.6 is 0 Å². The van der Waals surface area contributed by atoms with Crippen molar-refractivity contribution in [1.29, 1.82) is 0 Å². The minimum absolute atomic E-state index is 0.0355. The van der Waals surface area contributed by atoms with Crippen LogP contribution in [0, 0.1) is 10.1 Å². The maximum absolute atomic E-state index is 12.5. The molecule has 0 bridgehead atoms. The third-order valence-electron chi connectivity index (χ3n) is 5.56. The van der Waals surface area contributed by atoms with Crippen molar-refractivity contribution in [3.05, 3.63) is 88.5 Å². The summed E-state index contributed by atoms with van der Waals surface area (Å²) >= 11 is 0. The molecule has 0 unspecified atom stereocenters. The first-order valence-corrected chi connectivity index (χ1v) is 12.4. The van der Waals surface area contributed by atoms with E-state index in [0.29, 0.717) is 11.3 Å². The van der Waals surface area contributed by atoms with Gasteiger partial charge in [0.05, 0.1) is 4.92 Å². The summed E-state index contributed by atoms with van der Waals surface area (Å²) in [6.07, 6.45) is -1.10. The molecule has 2 amide bonds. The lowest BCUT2D eigenvalue weighted by Gasteiger charge is -2.26. The molecule has 0 saturated heterocycles. The molecular weight excluding hydrogens is 502 g/mol. The van der Waals surface area contributed by atoms with Gasteiger partial charge in [0.15, 0.2) is 0 Å². The summed E-state index contributed by atoms with van der Waals surface area (Å²) in [5.41, 5.74) is 1.72. The van der Waals surface area contributed by atoms with E-state index in [1.165, 1.54) is 28.0 Å². The monoisotopic (exact) mass is 535 g/mol. The van der Waals surface area contributed by atoms with Gasteiger partial charge in [-0.2, -0.15) is 0 Å². The quantitative estimate of drug-likeness (QED) is 0.227. The highest BCUT2D eigenvalue weighted by Gasteiger charge is 2.21. The minimum Gasteiger partial charge on any atom is -0.450 e. The molecule has 206 valence electrons. The fraction of sp³-hybridized carbons (Fsp3) is 0.310. The molecule has 0 aliphatic rings. The average Bonchev–Trinajstić information content (AvgIpc) is 2.90. The topological polar surface area (TPSA) is 111 Å². The number of amides is 2. The summed E-state index contributed by atoms with van der Waals surface area (Å²) in [5.74, 6) is 0.467. The van der Waals surface area contributed by atoms with Crippen molar-refractivity contribution >= 4 is 17.9 Å². The molecule has 10 heteroatoms. The van der Waals surface area contributed by atoms with Gasteiger partial charge in [-0.15, -0.1) is 0 Å². The number of ether oxygens (including phenoxy) is 3. The number of nitrogens with zero attached hydrogens (tertiary/aromatic N) is 3. The van der Waals surface area contributed by atoms with Gasteiger partial charge in [-0.25, -0.2) is 9.59 Å². The van der Waals surface area contributed by atoms with Crippen LogP contribution in [0.4, 0.5) is 15.3 Å².